The molecule has 10 heteroatoms. The molecule has 0 unspecified atom stereocenters. The second-order valence-corrected chi connectivity index (χ2v) is 4.46. The number of hydrogen-bond donors (Lipinski definition) is 3. The Bertz CT molecular complexity index is 816. The number of hydrogen-bond acceptors (Lipinski definition) is 6. The zero-order valence-corrected chi connectivity index (χ0v) is 11.4. The molecule has 2 aromatic rings. The molecule has 2 heterocycles. The van der Waals surface area contributed by atoms with E-state index in [2.05, 4.69) is 10.2 Å². The van der Waals surface area contributed by atoms with Crippen molar-refractivity contribution in [3.63, 3.8) is 0 Å². The molecule has 0 aromatic carbocycles. The second kappa shape index (κ2) is 5.37. The van der Waals surface area contributed by atoms with E-state index in [4.69, 9.17) is 16.7 Å². The fraction of sp³-hybridized carbons (Fsp3) is 0.182. The summed E-state index contributed by atoms with van der Waals surface area (Å²) >= 11 is 5.67. The summed E-state index contributed by atoms with van der Waals surface area (Å²) in [6.45, 7) is -0.686. The van der Waals surface area contributed by atoms with Gasteiger partial charge in [0.05, 0.1) is 5.39 Å². The summed E-state index contributed by atoms with van der Waals surface area (Å²) in [5.41, 5.74) is -1.38. The maximum atomic E-state index is 12.1. The number of halogens is 1. The van der Waals surface area contributed by atoms with Gasteiger partial charge in [-0.25, -0.2) is 0 Å². The van der Waals surface area contributed by atoms with Crippen molar-refractivity contribution < 1.29 is 19.8 Å². The highest BCUT2D eigenvalue weighted by Crippen LogP contribution is 2.25. The number of aromatic nitrogens is 3. The minimum absolute atomic E-state index is 0.0339. The summed E-state index contributed by atoms with van der Waals surface area (Å²) in [6.07, 6.45) is 0. The van der Waals surface area contributed by atoms with E-state index in [1.807, 2.05) is 5.32 Å². The molecule has 21 heavy (non-hydrogen) atoms. The summed E-state index contributed by atoms with van der Waals surface area (Å²) < 4.78 is 1.01. The van der Waals surface area contributed by atoms with Crippen LogP contribution in [-0.4, -0.2) is 43.4 Å². The van der Waals surface area contributed by atoms with E-state index in [1.165, 1.54) is 13.1 Å². The first-order valence-corrected chi connectivity index (χ1v) is 5.95. The molecule has 2 rings (SSSR count). The van der Waals surface area contributed by atoms with Crippen molar-refractivity contribution in [1.82, 2.24) is 20.1 Å². The molecule has 0 radical (unpaired) electrons. The number of rotatable bonds is 3. The quantitative estimate of drug-likeness (QED) is 0.695. The highest BCUT2D eigenvalue weighted by atomic mass is 35.5. The van der Waals surface area contributed by atoms with Gasteiger partial charge >= 0.3 is 5.97 Å². The number of aromatic hydroxyl groups is 1. The lowest BCUT2D eigenvalue weighted by molar-refractivity contribution is -0.135. The summed E-state index contributed by atoms with van der Waals surface area (Å²) in [7, 11) is 1.33. The third-order valence-electron chi connectivity index (χ3n) is 2.70. The summed E-state index contributed by atoms with van der Waals surface area (Å²) in [4.78, 5) is 34.4. The topological polar surface area (TPSA) is 134 Å². The first kappa shape index (κ1) is 14.7. The normalized spacial score (nSPS) is 10.6. The first-order chi connectivity index (χ1) is 9.82. The largest absolute Gasteiger partial charge is 0.506 e. The first-order valence-electron chi connectivity index (χ1n) is 5.57. The molecule has 0 aliphatic rings. The predicted molar refractivity (Wildman–Crippen MR) is 71.4 cm³/mol. The number of carbonyl (C=O) groups is 2. The van der Waals surface area contributed by atoms with Crippen LogP contribution in [-0.2, 0) is 11.8 Å². The summed E-state index contributed by atoms with van der Waals surface area (Å²) in [6, 6.07) is 1.24. The van der Waals surface area contributed by atoms with E-state index >= 15 is 0 Å². The predicted octanol–water partition coefficient (Wildman–Crippen LogP) is -0.498. The Balaban J connectivity index is 2.66. The Morgan fingerprint density at radius 1 is 1.43 bits per heavy atom. The Labute approximate surface area is 121 Å². The number of nitrogens with one attached hydrogen (secondary N) is 1. The highest BCUT2D eigenvalue weighted by Gasteiger charge is 2.22. The van der Waals surface area contributed by atoms with E-state index in [9.17, 15) is 19.5 Å². The van der Waals surface area contributed by atoms with E-state index in [0.717, 1.165) is 4.57 Å². The standard InChI is InChI=1S/C11H9ClN4O5/c1-16-9-4(2-5(12)14-15-9)8(19)7(11(16)21)10(20)13-3-6(17)18/h2,19H,3H2,1H3,(H,13,20)(H,17,18). The fourth-order valence-electron chi connectivity index (χ4n) is 1.73. The minimum Gasteiger partial charge on any atom is -0.506 e. The van der Waals surface area contributed by atoms with E-state index in [0.29, 0.717) is 0 Å². The molecule has 0 saturated carbocycles. The van der Waals surface area contributed by atoms with Crippen LogP contribution < -0.4 is 10.9 Å². The van der Waals surface area contributed by atoms with Crippen molar-refractivity contribution in [2.75, 3.05) is 6.54 Å². The molecule has 0 fully saturated rings. The van der Waals surface area contributed by atoms with Crippen LogP contribution in [0.15, 0.2) is 10.9 Å². The van der Waals surface area contributed by atoms with Gasteiger partial charge in [0, 0.05) is 7.05 Å². The van der Waals surface area contributed by atoms with Crippen molar-refractivity contribution >= 4 is 34.5 Å². The Morgan fingerprint density at radius 2 is 2.10 bits per heavy atom. The fourth-order valence-corrected chi connectivity index (χ4v) is 1.88. The molecule has 9 nitrogen and oxygen atoms in total. The highest BCUT2D eigenvalue weighted by molar-refractivity contribution is 6.30. The van der Waals surface area contributed by atoms with Gasteiger partial charge < -0.3 is 15.5 Å². The van der Waals surface area contributed by atoms with Crippen LogP contribution in [0.1, 0.15) is 10.4 Å². The number of pyridine rings is 1. The van der Waals surface area contributed by atoms with Gasteiger partial charge in [0.15, 0.2) is 10.8 Å². The molecule has 0 saturated heterocycles. The minimum atomic E-state index is -1.28. The lowest BCUT2D eigenvalue weighted by Crippen LogP contribution is -2.35. The maximum Gasteiger partial charge on any atom is 0.322 e. The number of aliphatic carboxylic acids is 1. The molecule has 1 amide bonds. The third-order valence-corrected chi connectivity index (χ3v) is 2.88. The molecule has 2 aromatic heterocycles. The van der Waals surface area contributed by atoms with Crippen LogP contribution in [0.25, 0.3) is 11.0 Å². The number of aryl methyl sites for hydroxylation is 1. The van der Waals surface area contributed by atoms with E-state index in [-0.39, 0.29) is 16.2 Å². The molecular weight excluding hydrogens is 304 g/mol. The van der Waals surface area contributed by atoms with Crippen molar-refractivity contribution in [2.45, 2.75) is 0 Å². The zero-order chi connectivity index (χ0) is 15.7. The third kappa shape index (κ3) is 2.63. The maximum absolute atomic E-state index is 12.1. The van der Waals surface area contributed by atoms with Crippen LogP contribution in [0.4, 0.5) is 0 Å². The molecule has 3 N–H and O–H groups in total. The summed E-state index contributed by atoms with van der Waals surface area (Å²) in [5.74, 6) is -2.92. The molecule has 0 bridgehead atoms. The Morgan fingerprint density at radius 3 is 2.71 bits per heavy atom. The number of fused-ring (bicyclic) bond motifs is 1. The van der Waals surface area contributed by atoms with Crippen molar-refractivity contribution in [3.8, 4) is 5.75 Å². The van der Waals surface area contributed by atoms with Crippen LogP contribution in [0.2, 0.25) is 5.15 Å². The number of carboxylic acids is 1. The molecule has 0 atom stereocenters. The van der Waals surface area contributed by atoms with Crippen LogP contribution in [0, 0.1) is 0 Å². The number of nitrogens with zero attached hydrogens (tertiary/aromatic N) is 3. The Kier molecular flexibility index (Phi) is 3.76. The van der Waals surface area contributed by atoms with Crippen LogP contribution in [0.5, 0.6) is 5.75 Å². The van der Waals surface area contributed by atoms with Crippen LogP contribution >= 0.6 is 11.6 Å². The monoisotopic (exact) mass is 312 g/mol. The van der Waals surface area contributed by atoms with Gasteiger partial charge in [-0.05, 0) is 6.07 Å². The van der Waals surface area contributed by atoms with E-state index in [1.54, 1.807) is 0 Å². The Hall–Kier alpha value is -2.68. The van der Waals surface area contributed by atoms with Gasteiger partial charge in [-0.15, -0.1) is 10.2 Å². The number of carboxylic acid groups (broad SMARTS) is 1. The van der Waals surface area contributed by atoms with Gasteiger partial charge in [-0.1, -0.05) is 11.6 Å². The van der Waals surface area contributed by atoms with Gasteiger partial charge in [0.1, 0.15) is 17.9 Å². The van der Waals surface area contributed by atoms with Gasteiger partial charge in [-0.2, -0.15) is 0 Å². The number of carbonyl (C=O) groups excluding carboxylic acids is 1. The molecular formula is C11H9ClN4O5. The van der Waals surface area contributed by atoms with Crippen molar-refractivity contribution in [2.24, 2.45) is 7.05 Å². The average Bonchev–Trinajstić information content (AvgIpc) is 2.43. The molecule has 110 valence electrons. The van der Waals surface area contributed by atoms with E-state index < -0.39 is 35.3 Å². The summed E-state index contributed by atoms with van der Waals surface area (Å²) in [5, 5.41) is 27.8. The lowest BCUT2D eigenvalue weighted by Gasteiger charge is -2.10. The lowest BCUT2D eigenvalue weighted by atomic mass is 10.1. The van der Waals surface area contributed by atoms with Gasteiger partial charge in [0.2, 0.25) is 0 Å². The molecule has 0 aliphatic heterocycles. The van der Waals surface area contributed by atoms with Crippen molar-refractivity contribution in [3.05, 3.63) is 27.1 Å². The van der Waals surface area contributed by atoms with Gasteiger partial charge in [-0.3, -0.25) is 19.0 Å². The zero-order valence-electron chi connectivity index (χ0n) is 10.6. The smallest absolute Gasteiger partial charge is 0.322 e. The van der Waals surface area contributed by atoms with Gasteiger partial charge in [0.25, 0.3) is 11.5 Å². The average molecular weight is 313 g/mol. The number of amides is 1. The molecule has 0 aliphatic carbocycles. The SMILES string of the molecule is Cn1c(=O)c(C(=O)NCC(=O)O)c(O)c2cc(Cl)nnc21. The van der Waals surface area contributed by atoms with Crippen molar-refractivity contribution in [1.29, 1.82) is 0 Å². The second-order valence-electron chi connectivity index (χ2n) is 4.07. The molecule has 0 spiro atoms. The van der Waals surface area contributed by atoms with Crippen LogP contribution in [0.3, 0.4) is 0 Å².